The molecule has 1 aliphatic heterocycles. The Bertz CT molecular complexity index is 1230. The maximum absolute atomic E-state index is 13.2. The molecule has 1 fully saturated rings. The summed E-state index contributed by atoms with van der Waals surface area (Å²) in [6, 6.07) is 4.61. The van der Waals surface area contributed by atoms with Gasteiger partial charge in [-0.2, -0.15) is 0 Å². The maximum Gasteiger partial charge on any atom is 0.325 e. The Labute approximate surface area is 179 Å². The minimum absolute atomic E-state index is 0.340. The van der Waals surface area contributed by atoms with Crippen LogP contribution in [0.2, 0.25) is 0 Å². The number of carbonyl (C=O) groups excluding carboxylic acids is 3. The summed E-state index contributed by atoms with van der Waals surface area (Å²) in [5, 5.41) is 6.72. The fourth-order valence-corrected chi connectivity index (χ4v) is 4.24. The number of carbonyl (C=O) groups is 3. The number of aromatic nitrogens is 2. The molecule has 0 radical (unpaired) electrons. The lowest BCUT2D eigenvalue weighted by molar-refractivity contribution is -0.130. The predicted octanol–water partition coefficient (Wildman–Crippen LogP) is 3.25. The summed E-state index contributed by atoms with van der Waals surface area (Å²) in [6.45, 7) is 10.2. The van der Waals surface area contributed by atoms with Crippen LogP contribution in [0.25, 0.3) is 5.82 Å². The van der Waals surface area contributed by atoms with Gasteiger partial charge in [-0.3, -0.25) is 19.1 Å². The molecule has 31 heavy (non-hydrogen) atoms. The molecule has 4 heterocycles. The largest absolute Gasteiger partial charge is 0.466 e. The molecule has 4 rings (SSSR count). The minimum Gasteiger partial charge on any atom is -0.466 e. The van der Waals surface area contributed by atoms with Crippen LogP contribution in [-0.4, -0.2) is 38.9 Å². The molecule has 1 unspecified atom stereocenters. The summed E-state index contributed by atoms with van der Waals surface area (Å²) in [7, 11) is 0. The summed E-state index contributed by atoms with van der Waals surface area (Å²) >= 11 is 0. The van der Waals surface area contributed by atoms with Gasteiger partial charge >= 0.3 is 6.03 Å². The highest BCUT2D eigenvalue weighted by Gasteiger charge is 2.51. The molecule has 0 aromatic carbocycles. The van der Waals surface area contributed by atoms with Gasteiger partial charge in [-0.05, 0) is 53.7 Å². The Hall–Kier alpha value is -3.62. The van der Waals surface area contributed by atoms with E-state index >= 15 is 0 Å². The first-order chi connectivity index (χ1) is 14.5. The zero-order chi connectivity index (χ0) is 22.7. The van der Waals surface area contributed by atoms with Gasteiger partial charge in [0.2, 0.25) is 0 Å². The normalized spacial score (nSPS) is 18.7. The number of urea groups is 1. The molecule has 1 saturated heterocycles. The van der Waals surface area contributed by atoms with Gasteiger partial charge in [0.15, 0.2) is 11.6 Å². The molecule has 0 saturated carbocycles. The molecule has 3 aromatic heterocycles. The number of ketones is 1. The fourth-order valence-electron chi connectivity index (χ4n) is 4.24. The molecule has 1 atom stereocenters. The van der Waals surface area contributed by atoms with Gasteiger partial charge < -0.3 is 14.3 Å². The molecule has 3 amide bonds. The highest BCUT2D eigenvalue weighted by Crippen LogP contribution is 2.33. The second-order valence-electron chi connectivity index (χ2n) is 8.11. The lowest BCUT2D eigenvalue weighted by Crippen LogP contribution is -2.41. The van der Waals surface area contributed by atoms with Crippen LogP contribution in [0.3, 0.4) is 0 Å². The molecule has 1 N–H and O–H groups in total. The number of hydrogen-bond acceptors (Lipinski definition) is 6. The molecule has 9 heteroatoms. The first-order valence-corrected chi connectivity index (χ1v) is 9.90. The molecular weight excluding hydrogens is 400 g/mol. The number of aryl methyl sites for hydroxylation is 4. The molecule has 162 valence electrons. The van der Waals surface area contributed by atoms with Crippen molar-refractivity contribution in [3.05, 3.63) is 58.0 Å². The first kappa shape index (κ1) is 20.6. The molecule has 9 nitrogen and oxygen atoms in total. The van der Waals surface area contributed by atoms with E-state index in [0.717, 1.165) is 10.6 Å². The van der Waals surface area contributed by atoms with E-state index in [9.17, 15) is 14.4 Å². The smallest absolute Gasteiger partial charge is 0.325 e. The van der Waals surface area contributed by atoms with E-state index in [1.807, 2.05) is 6.92 Å². The Balaban J connectivity index is 1.62. The summed E-state index contributed by atoms with van der Waals surface area (Å²) in [4.78, 5) is 39.8. The fraction of sp³-hybridized carbons (Fsp3) is 0.364. The van der Waals surface area contributed by atoms with Crippen molar-refractivity contribution in [1.82, 2.24) is 19.9 Å². The van der Waals surface area contributed by atoms with Crippen LogP contribution in [0.4, 0.5) is 4.79 Å². The summed E-state index contributed by atoms with van der Waals surface area (Å²) in [5.74, 6) is 1.58. The van der Waals surface area contributed by atoms with Crippen LogP contribution < -0.4 is 5.32 Å². The third-order valence-corrected chi connectivity index (χ3v) is 5.73. The van der Waals surface area contributed by atoms with Crippen LogP contribution in [0.1, 0.15) is 51.5 Å². The minimum atomic E-state index is -1.28. The van der Waals surface area contributed by atoms with E-state index in [-0.39, 0.29) is 12.3 Å². The second-order valence-corrected chi connectivity index (χ2v) is 8.11. The molecule has 0 aliphatic carbocycles. The lowest BCUT2D eigenvalue weighted by Gasteiger charge is -2.21. The maximum atomic E-state index is 13.2. The van der Waals surface area contributed by atoms with Crippen molar-refractivity contribution in [3.63, 3.8) is 0 Å². The number of rotatable bonds is 5. The Kier molecular flexibility index (Phi) is 4.64. The average molecular weight is 424 g/mol. The molecule has 1 aliphatic rings. The number of nitrogens with one attached hydrogen (secondary N) is 1. The van der Waals surface area contributed by atoms with E-state index in [2.05, 4.69) is 10.5 Å². The predicted molar refractivity (Wildman–Crippen MR) is 110 cm³/mol. The van der Waals surface area contributed by atoms with Gasteiger partial charge in [-0.1, -0.05) is 5.16 Å². The highest BCUT2D eigenvalue weighted by atomic mass is 16.5. The first-order valence-electron chi connectivity index (χ1n) is 9.90. The Morgan fingerprint density at radius 2 is 1.81 bits per heavy atom. The number of imide groups is 1. The van der Waals surface area contributed by atoms with Crippen molar-refractivity contribution in [3.8, 4) is 5.82 Å². The van der Waals surface area contributed by atoms with Gasteiger partial charge in [0.25, 0.3) is 5.91 Å². The topological polar surface area (TPSA) is 111 Å². The van der Waals surface area contributed by atoms with Crippen molar-refractivity contribution in [1.29, 1.82) is 0 Å². The number of hydrogen-bond donors (Lipinski definition) is 1. The Morgan fingerprint density at radius 1 is 1.10 bits per heavy atom. The van der Waals surface area contributed by atoms with Crippen molar-refractivity contribution in [2.45, 2.75) is 47.1 Å². The highest BCUT2D eigenvalue weighted by molar-refractivity contribution is 6.11. The van der Waals surface area contributed by atoms with Crippen molar-refractivity contribution < 1.29 is 23.3 Å². The van der Waals surface area contributed by atoms with Gasteiger partial charge in [0.1, 0.15) is 22.8 Å². The lowest BCUT2D eigenvalue weighted by atomic mass is 9.92. The SMILES string of the molecule is Cc1cc(-n2c(C)cc(C(=O)CN3C(=O)NC(C)(c4cc(C)oc4C)C3=O)c2C)no1. The van der Waals surface area contributed by atoms with Crippen LogP contribution >= 0.6 is 0 Å². The third kappa shape index (κ3) is 3.17. The van der Waals surface area contributed by atoms with Crippen molar-refractivity contribution in [2.24, 2.45) is 0 Å². The quantitative estimate of drug-likeness (QED) is 0.497. The molecule has 3 aromatic rings. The van der Waals surface area contributed by atoms with E-state index in [1.54, 1.807) is 57.4 Å². The number of Topliss-reactive ketones (excluding diaryl/α,β-unsaturated/α-hetero) is 1. The van der Waals surface area contributed by atoms with Crippen LogP contribution in [0, 0.1) is 34.6 Å². The second kappa shape index (κ2) is 6.97. The zero-order valence-corrected chi connectivity index (χ0v) is 18.3. The molecular formula is C22H24N4O5. The van der Waals surface area contributed by atoms with Crippen LogP contribution in [0.15, 0.2) is 27.1 Å². The van der Waals surface area contributed by atoms with Crippen LogP contribution in [0.5, 0.6) is 0 Å². The standard InChI is InChI=1S/C22H24N4O5/c1-11-7-16(14(4)26(11)19-9-13(3)31-24-19)18(27)10-25-20(28)22(6,23-21(25)29)17-8-12(2)30-15(17)5/h7-9H,10H2,1-6H3,(H,23,29). The zero-order valence-electron chi connectivity index (χ0n) is 18.3. The number of nitrogens with zero attached hydrogens (tertiary/aromatic N) is 3. The van der Waals surface area contributed by atoms with E-state index in [0.29, 0.717) is 39.9 Å². The molecule has 0 bridgehead atoms. The van der Waals surface area contributed by atoms with Gasteiger partial charge in [-0.25, -0.2) is 4.79 Å². The average Bonchev–Trinajstić information content (AvgIpc) is 3.39. The van der Waals surface area contributed by atoms with Crippen LogP contribution in [-0.2, 0) is 10.3 Å². The van der Waals surface area contributed by atoms with E-state index in [1.165, 1.54) is 0 Å². The van der Waals surface area contributed by atoms with Crippen molar-refractivity contribution >= 4 is 17.7 Å². The molecule has 0 spiro atoms. The van der Waals surface area contributed by atoms with E-state index in [4.69, 9.17) is 8.94 Å². The van der Waals surface area contributed by atoms with Gasteiger partial charge in [0, 0.05) is 28.6 Å². The van der Waals surface area contributed by atoms with Crippen molar-refractivity contribution in [2.75, 3.05) is 6.54 Å². The number of furan rings is 1. The van der Waals surface area contributed by atoms with Gasteiger partial charge in [-0.15, -0.1) is 0 Å². The number of amides is 3. The third-order valence-electron chi connectivity index (χ3n) is 5.73. The van der Waals surface area contributed by atoms with E-state index < -0.39 is 17.5 Å². The summed E-state index contributed by atoms with van der Waals surface area (Å²) in [6.07, 6.45) is 0. The van der Waals surface area contributed by atoms with Gasteiger partial charge in [0.05, 0.1) is 6.54 Å². The monoisotopic (exact) mass is 424 g/mol. The summed E-state index contributed by atoms with van der Waals surface area (Å²) < 4.78 is 12.5. The summed E-state index contributed by atoms with van der Waals surface area (Å²) in [5.41, 5.74) is 1.17. The Morgan fingerprint density at radius 3 is 2.39 bits per heavy atom.